The first kappa shape index (κ1) is 11.7. The van der Waals surface area contributed by atoms with Crippen LogP contribution in [0.4, 0.5) is 5.69 Å². The number of sulfonamides is 1. The Kier molecular flexibility index (Phi) is 2.89. The lowest BCUT2D eigenvalue weighted by atomic mass is 10.2. The smallest absolute Gasteiger partial charge is 0.232 e. The number of aldehydes is 1. The maximum absolute atomic E-state index is 11.5. The number of rotatable bonds is 4. The van der Waals surface area contributed by atoms with Crippen molar-refractivity contribution in [3.05, 3.63) is 30.0 Å². The molecular weight excluding hydrogens is 240 g/mol. The molecule has 0 aliphatic carbocycles. The van der Waals surface area contributed by atoms with Gasteiger partial charge in [0, 0.05) is 22.7 Å². The van der Waals surface area contributed by atoms with E-state index in [0.717, 1.165) is 17.2 Å². The standard InChI is InChI=1S/C11H12N2O3S/c1-2-17(15,16)13-11-6-12-10-5-8(7-14)3-4-9(10)11/h3-7,12-13H,2H2,1H3. The van der Waals surface area contributed by atoms with Gasteiger partial charge in [0.1, 0.15) is 6.29 Å². The zero-order valence-corrected chi connectivity index (χ0v) is 10.0. The van der Waals surface area contributed by atoms with E-state index < -0.39 is 10.0 Å². The maximum Gasteiger partial charge on any atom is 0.232 e. The molecular formula is C11H12N2O3S. The van der Waals surface area contributed by atoms with Crippen LogP contribution in [0.5, 0.6) is 0 Å². The fourth-order valence-electron chi connectivity index (χ4n) is 1.54. The van der Waals surface area contributed by atoms with E-state index in [-0.39, 0.29) is 5.75 Å². The van der Waals surface area contributed by atoms with Gasteiger partial charge in [0.15, 0.2) is 0 Å². The van der Waals surface area contributed by atoms with Gasteiger partial charge < -0.3 is 4.98 Å². The van der Waals surface area contributed by atoms with Gasteiger partial charge in [-0.05, 0) is 13.0 Å². The van der Waals surface area contributed by atoms with Crippen LogP contribution in [-0.4, -0.2) is 25.4 Å². The van der Waals surface area contributed by atoms with Crippen molar-refractivity contribution in [3.63, 3.8) is 0 Å². The molecule has 2 N–H and O–H groups in total. The molecule has 1 aromatic carbocycles. The Balaban J connectivity index is 2.47. The van der Waals surface area contributed by atoms with Crippen molar-refractivity contribution in [1.82, 2.24) is 4.98 Å². The number of nitrogens with one attached hydrogen (secondary N) is 2. The molecule has 5 nitrogen and oxygen atoms in total. The Hall–Kier alpha value is -1.82. The lowest BCUT2D eigenvalue weighted by Crippen LogP contribution is -2.14. The molecule has 2 rings (SSSR count). The molecule has 0 atom stereocenters. The van der Waals surface area contributed by atoms with E-state index in [1.165, 1.54) is 0 Å². The molecule has 0 spiro atoms. The fourth-order valence-corrected chi connectivity index (χ4v) is 2.19. The first-order chi connectivity index (χ1) is 8.05. The van der Waals surface area contributed by atoms with Crippen molar-refractivity contribution in [3.8, 4) is 0 Å². The first-order valence-corrected chi connectivity index (χ1v) is 6.78. The molecule has 0 bridgehead atoms. The molecule has 2 aromatic rings. The molecule has 0 fully saturated rings. The number of fused-ring (bicyclic) bond motifs is 1. The van der Waals surface area contributed by atoms with E-state index in [2.05, 4.69) is 9.71 Å². The number of carbonyl (C=O) groups is 1. The van der Waals surface area contributed by atoms with Gasteiger partial charge in [0.2, 0.25) is 10.0 Å². The summed E-state index contributed by atoms with van der Waals surface area (Å²) < 4.78 is 25.4. The van der Waals surface area contributed by atoms with Gasteiger partial charge in [-0.3, -0.25) is 9.52 Å². The predicted molar refractivity (Wildman–Crippen MR) is 66.8 cm³/mol. The Bertz CT molecular complexity index is 658. The number of hydrogen-bond donors (Lipinski definition) is 2. The summed E-state index contributed by atoms with van der Waals surface area (Å²) in [6.07, 6.45) is 2.32. The number of aromatic amines is 1. The molecule has 0 saturated carbocycles. The van der Waals surface area contributed by atoms with Crippen molar-refractivity contribution in [2.75, 3.05) is 10.5 Å². The number of benzene rings is 1. The van der Waals surface area contributed by atoms with E-state index in [4.69, 9.17) is 0 Å². The van der Waals surface area contributed by atoms with E-state index >= 15 is 0 Å². The van der Waals surface area contributed by atoms with Crippen LogP contribution in [0.3, 0.4) is 0 Å². The van der Waals surface area contributed by atoms with Gasteiger partial charge in [-0.1, -0.05) is 12.1 Å². The third-order valence-electron chi connectivity index (χ3n) is 2.49. The summed E-state index contributed by atoms with van der Waals surface area (Å²) in [5, 5.41) is 0.743. The summed E-state index contributed by atoms with van der Waals surface area (Å²) in [4.78, 5) is 13.5. The van der Waals surface area contributed by atoms with Crippen molar-refractivity contribution < 1.29 is 13.2 Å². The summed E-state index contributed by atoms with van der Waals surface area (Å²) in [6, 6.07) is 5.03. The highest BCUT2D eigenvalue weighted by molar-refractivity contribution is 7.92. The maximum atomic E-state index is 11.5. The second kappa shape index (κ2) is 4.21. The van der Waals surface area contributed by atoms with Gasteiger partial charge in [0.05, 0.1) is 11.4 Å². The van der Waals surface area contributed by atoms with Gasteiger partial charge in [-0.2, -0.15) is 0 Å². The zero-order valence-electron chi connectivity index (χ0n) is 9.23. The van der Waals surface area contributed by atoms with E-state index in [1.807, 2.05) is 0 Å². The monoisotopic (exact) mass is 252 g/mol. The summed E-state index contributed by atoms with van der Waals surface area (Å²) in [5.74, 6) is 0.0199. The van der Waals surface area contributed by atoms with E-state index in [9.17, 15) is 13.2 Å². The lowest BCUT2D eigenvalue weighted by Gasteiger charge is -2.03. The van der Waals surface area contributed by atoms with Crippen LogP contribution in [0.1, 0.15) is 17.3 Å². The summed E-state index contributed by atoms with van der Waals surface area (Å²) in [6.45, 7) is 1.57. The largest absolute Gasteiger partial charge is 0.359 e. The number of aromatic nitrogens is 1. The van der Waals surface area contributed by atoms with Crippen LogP contribution >= 0.6 is 0 Å². The van der Waals surface area contributed by atoms with Crippen LogP contribution in [0.2, 0.25) is 0 Å². The third kappa shape index (κ3) is 2.31. The topological polar surface area (TPSA) is 79.0 Å². The van der Waals surface area contributed by atoms with Crippen LogP contribution < -0.4 is 4.72 Å². The Morgan fingerprint density at radius 3 is 2.82 bits per heavy atom. The molecule has 0 amide bonds. The predicted octanol–water partition coefficient (Wildman–Crippen LogP) is 1.74. The van der Waals surface area contributed by atoms with Gasteiger partial charge in [0.25, 0.3) is 0 Å². The molecule has 0 saturated heterocycles. The third-order valence-corrected chi connectivity index (χ3v) is 3.78. The summed E-state index contributed by atoms with van der Waals surface area (Å²) >= 11 is 0. The Morgan fingerprint density at radius 2 is 2.18 bits per heavy atom. The Labute approximate surface area is 98.9 Å². The summed E-state index contributed by atoms with van der Waals surface area (Å²) in [7, 11) is -3.29. The lowest BCUT2D eigenvalue weighted by molar-refractivity contribution is 0.112. The van der Waals surface area contributed by atoms with E-state index in [1.54, 1.807) is 31.3 Å². The molecule has 0 aliphatic heterocycles. The minimum absolute atomic E-state index is 0.0199. The molecule has 1 aromatic heterocycles. The molecule has 90 valence electrons. The molecule has 0 unspecified atom stereocenters. The molecule has 0 aliphatic rings. The number of anilines is 1. The molecule has 0 radical (unpaired) electrons. The molecule has 6 heteroatoms. The highest BCUT2D eigenvalue weighted by Gasteiger charge is 2.10. The highest BCUT2D eigenvalue weighted by atomic mass is 32.2. The van der Waals surface area contributed by atoms with Crippen LogP contribution in [0.25, 0.3) is 10.9 Å². The van der Waals surface area contributed by atoms with Crippen LogP contribution in [-0.2, 0) is 10.0 Å². The second-order valence-corrected chi connectivity index (χ2v) is 5.64. The van der Waals surface area contributed by atoms with Gasteiger partial charge >= 0.3 is 0 Å². The van der Waals surface area contributed by atoms with E-state index in [0.29, 0.717) is 11.3 Å². The van der Waals surface area contributed by atoms with Crippen molar-refractivity contribution in [2.45, 2.75) is 6.92 Å². The van der Waals surface area contributed by atoms with Gasteiger partial charge in [-0.25, -0.2) is 8.42 Å². The molecule has 1 heterocycles. The first-order valence-electron chi connectivity index (χ1n) is 5.12. The number of hydrogen-bond acceptors (Lipinski definition) is 3. The van der Waals surface area contributed by atoms with Crippen LogP contribution in [0, 0.1) is 0 Å². The van der Waals surface area contributed by atoms with Crippen molar-refractivity contribution in [1.29, 1.82) is 0 Å². The highest BCUT2D eigenvalue weighted by Crippen LogP contribution is 2.24. The molecule has 17 heavy (non-hydrogen) atoms. The number of carbonyl (C=O) groups excluding carboxylic acids is 1. The second-order valence-electron chi connectivity index (χ2n) is 3.63. The minimum Gasteiger partial charge on any atom is -0.359 e. The van der Waals surface area contributed by atoms with Crippen LogP contribution in [0.15, 0.2) is 24.4 Å². The number of H-pyrrole nitrogens is 1. The van der Waals surface area contributed by atoms with Gasteiger partial charge in [-0.15, -0.1) is 0 Å². The zero-order chi connectivity index (χ0) is 12.5. The quantitative estimate of drug-likeness (QED) is 0.813. The average Bonchev–Trinajstić information content (AvgIpc) is 2.71. The SMILES string of the molecule is CCS(=O)(=O)Nc1c[nH]c2cc(C=O)ccc12. The Morgan fingerprint density at radius 1 is 1.41 bits per heavy atom. The minimum atomic E-state index is -3.29. The van der Waals surface area contributed by atoms with Crippen molar-refractivity contribution >= 4 is 32.9 Å². The normalized spacial score (nSPS) is 11.6. The fraction of sp³-hybridized carbons (Fsp3) is 0.182. The average molecular weight is 252 g/mol. The van der Waals surface area contributed by atoms with Crippen molar-refractivity contribution in [2.24, 2.45) is 0 Å². The summed E-state index contributed by atoms with van der Waals surface area (Å²) in [5.41, 5.74) is 1.77.